The Labute approximate surface area is 209 Å². The van der Waals surface area contributed by atoms with Gasteiger partial charge in [0, 0.05) is 12.1 Å². The highest BCUT2D eigenvalue weighted by atomic mass is 32.1. The number of rotatable bonds is 5. The van der Waals surface area contributed by atoms with Gasteiger partial charge >= 0.3 is 5.97 Å². The number of fused-ring (bicyclic) bond motifs is 3. The lowest BCUT2D eigenvalue weighted by atomic mass is 9.95. The second kappa shape index (κ2) is 10.6. The summed E-state index contributed by atoms with van der Waals surface area (Å²) in [5, 5.41) is 4.82. The minimum absolute atomic E-state index is 0.269. The summed E-state index contributed by atoms with van der Waals surface area (Å²) in [6, 6.07) is 7.05. The summed E-state index contributed by atoms with van der Waals surface area (Å²) in [5.74, 6) is 0.0474. The Balaban J connectivity index is 0.00000167. The molecule has 3 heterocycles. The van der Waals surface area contributed by atoms with Crippen LogP contribution in [0.2, 0.25) is 0 Å². The topological polar surface area (TPSA) is 134 Å². The Morgan fingerprint density at radius 1 is 1.26 bits per heavy atom. The lowest BCUT2D eigenvalue weighted by molar-refractivity contribution is -0.117. The first-order chi connectivity index (χ1) is 16.6. The number of benzene rings is 1. The zero-order chi connectivity index (χ0) is 25.9. The van der Waals surface area contributed by atoms with Crippen molar-refractivity contribution in [3.8, 4) is 27.6 Å². The van der Waals surface area contributed by atoms with E-state index in [2.05, 4.69) is 11.1 Å². The zero-order valence-corrected chi connectivity index (χ0v) is 21.8. The van der Waals surface area contributed by atoms with E-state index in [1.165, 1.54) is 7.05 Å². The van der Waals surface area contributed by atoms with Crippen molar-refractivity contribution in [2.45, 2.75) is 52.3 Å². The maximum atomic E-state index is 13.0. The summed E-state index contributed by atoms with van der Waals surface area (Å²) in [6.45, 7) is 7.70. The molecule has 188 valence electrons. The number of nitrogens with zero attached hydrogens (tertiary/aromatic N) is 2. The molecule has 0 bridgehead atoms. The Bertz CT molecular complexity index is 1210. The average Bonchev–Trinajstić information content (AvgIpc) is 3.46. The number of amides is 1. The fourth-order valence-electron chi connectivity index (χ4n) is 3.80. The molecule has 10 heteroatoms. The van der Waals surface area contributed by atoms with E-state index < -0.39 is 17.6 Å². The molecule has 2 aromatic heterocycles. The number of esters is 1. The van der Waals surface area contributed by atoms with Gasteiger partial charge in [0.25, 0.3) is 0 Å². The molecule has 1 amide bonds. The smallest absolute Gasteiger partial charge is 0.375 e. The molecule has 0 radical (unpaired) electrons. The van der Waals surface area contributed by atoms with Gasteiger partial charge in [0.05, 0.1) is 29.4 Å². The van der Waals surface area contributed by atoms with Crippen LogP contribution in [0.1, 0.15) is 43.9 Å². The molecule has 0 spiro atoms. The van der Waals surface area contributed by atoms with E-state index in [1.807, 2.05) is 55.0 Å². The van der Waals surface area contributed by atoms with Crippen molar-refractivity contribution in [3.05, 3.63) is 41.0 Å². The molecule has 1 aliphatic heterocycles. The number of hydrogen-bond donors (Lipinski definition) is 3. The number of nitrogens with one attached hydrogen (secondary N) is 1. The Hall–Kier alpha value is -3.21. The first-order valence-corrected chi connectivity index (χ1v) is 12.2. The van der Waals surface area contributed by atoms with Crippen LogP contribution in [-0.2, 0) is 22.5 Å². The van der Waals surface area contributed by atoms with Crippen LogP contribution in [0.25, 0.3) is 21.8 Å². The number of anilines is 1. The summed E-state index contributed by atoms with van der Waals surface area (Å²) in [5.41, 5.74) is 13.6. The van der Waals surface area contributed by atoms with Gasteiger partial charge in [-0.3, -0.25) is 4.79 Å². The Kier molecular flexibility index (Phi) is 7.99. The highest BCUT2D eigenvalue weighted by Crippen LogP contribution is 2.43. The van der Waals surface area contributed by atoms with Gasteiger partial charge in [-0.2, -0.15) is 0 Å². The molecule has 4 rings (SSSR count). The van der Waals surface area contributed by atoms with Crippen LogP contribution in [0, 0.1) is 0 Å². The van der Waals surface area contributed by atoms with Gasteiger partial charge in [-0.25, -0.2) is 9.78 Å². The predicted octanol–water partition coefficient (Wildman–Crippen LogP) is 3.66. The van der Waals surface area contributed by atoms with Gasteiger partial charge in [-0.1, -0.05) is 6.07 Å². The van der Waals surface area contributed by atoms with Gasteiger partial charge in [0.2, 0.25) is 11.7 Å². The van der Waals surface area contributed by atoms with E-state index in [4.69, 9.17) is 20.2 Å². The van der Waals surface area contributed by atoms with Crippen LogP contribution in [0.3, 0.4) is 0 Å². The molecule has 35 heavy (non-hydrogen) atoms. The number of nitrogens with two attached hydrogens (primary N) is 2. The maximum absolute atomic E-state index is 13.0. The van der Waals surface area contributed by atoms with Gasteiger partial charge in [-0.05, 0) is 70.3 Å². The minimum Gasteiger partial charge on any atom is -0.495 e. The number of carbonyl (C=O) groups excluding carboxylic acids is 2. The van der Waals surface area contributed by atoms with E-state index in [9.17, 15) is 9.59 Å². The molecule has 1 aromatic carbocycles. The van der Waals surface area contributed by atoms with Crippen molar-refractivity contribution in [2.24, 2.45) is 11.5 Å². The van der Waals surface area contributed by atoms with Crippen LogP contribution in [0.5, 0.6) is 5.75 Å². The van der Waals surface area contributed by atoms with Crippen molar-refractivity contribution < 1.29 is 19.1 Å². The van der Waals surface area contributed by atoms with Crippen LogP contribution in [-0.4, -0.2) is 47.2 Å². The maximum Gasteiger partial charge on any atom is 0.375 e. The summed E-state index contributed by atoms with van der Waals surface area (Å²) in [7, 11) is 3.06. The highest BCUT2D eigenvalue weighted by molar-refractivity contribution is 7.13. The van der Waals surface area contributed by atoms with Crippen LogP contribution < -0.4 is 21.5 Å². The fourth-order valence-corrected chi connectivity index (χ4v) is 4.52. The third-order valence-corrected chi connectivity index (χ3v) is 6.14. The molecule has 0 fully saturated rings. The summed E-state index contributed by atoms with van der Waals surface area (Å²) >= 11 is 1.55. The molecule has 5 N–H and O–H groups in total. The molecule has 1 aliphatic rings. The zero-order valence-electron chi connectivity index (χ0n) is 21.0. The predicted molar refractivity (Wildman–Crippen MR) is 139 cm³/mol. The molecule has 0 saturated heterocycles. The van der Waals surface area contributed by atoms with Crippen molar-refractivity contribution in [3.63, 3.8) is 0 Å². The second-order valence-electron chi connectivity index (χ2n) is 9.00. The van der Waals surface area contributed by atoms with Crippen molar-refractivity contribution in [2.75, 3.05) is 19.5 Å². The van der Waals surface area contributed by atoms with E-state index in [-0.39, 0.29) is 11.7 Å². The molecule has 9 nitrogen and oxygen atoms in total. The van der Waals surface area contributed by atoms with E-state index >= 15 is 0 Å². The standard InChI is InChI=1S/C24H28N4O4S.CH5N/c1-13(25)22(29)26-16-12-15-14(11-17(16)31-5)8-9-28-20(15)19(18-7-6-10-33-18)27-21(28)23(30)32-24(2,3)4;1-2/h6-7,10-13H,8-9,25H2,1-5H3,(H,26,29);2H2,1H3/t13-;/m0./s1. The Morgan fingerprint density at radius 2 is 1.97 bits per heavy atom. The first kappa shape index (κ1) is 26.4. The largest absolute Gasteiger partial charge is 0.495 e. The SMILES string of the molecule is CN.COc1cc2c(cc1NC(=O)[C@H](C)N)-c1c(-c3cccs3)nc(C(=O)OC(C)(C)C)n1CC2. The van der Waals surface area contributed by atoms with Crippen LogP contribution in [0.15, 0.2) is 29.6 Å². The van der Waals surface area contributed by atoms with Crippen molar-refractivity contribution in [1.29, 1.82) is 0 Å². The highest BCUT2D eigenvalue weighted by Gasteiger charge is 2.32. The van der Waals surface area contributed by atoms with Gasteiger partial charge in [0.1, 0.15) is 17.0 Å². The summed E-state index contributed by atoms with van der Waals surface area (Å²) in [4.78, 5) is 31.0. The number of aromatic nitrogens is 2. The van der Waals surface area contributed by atoms with Crippen LogP contribution in [0.4, 0.5) is 5.69 Å². The number of aryl methyl sites for hydroxylation is 1. The number of carbonyl (C=O) groups is 2. The quantitative estimate of drug-likeness (QED) is 0.456. The normalized spacial score (nSPS) is 13.0. The summed E-state index contributed by atoms with van der Waals surface area (Å²) in [6.07, 6.45) is 0.677. The Morgan fingerprint density at radius 3 is 2.54 bits per heavy atom. The molecule has 0 saturated carbocycles. The molecule has 1 atom stereocenters. The second-order valence-corrected chi connectivity index (χ2v) is 9.95. The third kappa shape index (κ3) is 5.55. The van der Waals surface area contributed by atoms with Crippen molar-refractivity contribution >= 4 is 28.9 Å². The van der Waals surface area contributed by atoms with Gasteiger partial charge in [-0.15, -0.1) is 11.3 Å². The van der Waals surface area contributed by atoms with Gasteiger partial charge in [0.15, 0.2) is 0 Å². The lowest BCUT2D eigenvalue weighted by Gasteiger charge is -2.24. The molecule has 0 aliphatic carbocycles. The van der Waals surface area contributed by atoms with E-state index in [1.54, 1.807) is 25.4 Å². The molecular weight excluding hydrogens is 466 g/mol. The number of hydrogen-bond acceptors (Lipinski definition) is 8. The van der Waals surface area contributed by atoms with E-state index in [0.29, 0.717) is 30.1 Å². The molecule has 0 unspecified atom stereocenters. The van der Waals surface area contributed by atoms with E-state index in [0.717, 1.165) is 21.7 Å². The van der Waals surface area contributed by atoms with Gasteiger partial charge < -0.3 is 30.8 Å². The average molecular weight is 500 g/mol. The number of methoxy groups -OCH3 is 1. The number of ether oxygens (including phenoxy) is 2. The number of imidazole rings is 1. The third-order valence-electron chi connectivity index (χ3n) is 5.26. The lowest BCUT2D eigenvalue weighted by Crippen LogP contribution is -2.32. The summed E-state index contributed by atoms with van der Waals surface area (Å²) < 4.78 is 13.1. The first-order valence-electron chi connectivity index (χ1n) is 11.3. The number of thiophene rings is 1. The molecular formula is C25H33N5O4S. The fraction of sp³-hybridized carbons (Fsp3) is 0.400. The van der Waals surface area contributed by atoms with Crippen molar-refractivity contribution in [1.82, 2.24) is 9.55 Å². The molecule has 3 aromatic rings. The minimum atomic E-state index is -0.670. The monoisotopic (exact) mass is 499 g/mol. The van der Waals surface area contributed by atoms with Crippen LogP contribution >= 0.6 is 11.3 Å².